The Morgan fingerprint density at radius 1 is 1.45 bits per heavy atom. The van der Waals surface area contributed by atoms with E-state index in [1.807, 2.05) is 13.8 Å². The van der Waals surface area contributed by atoms with Crippen LogP contribution >= 0.6 is 0 Å². The molecule has 1 aliphatic rings. The predicted octanol–water partition coefficient (Wildman–Crippen LogP) is 1.97. The summed E-state index contributed by atoms with van der Waals surface area (Å²) < 4.78 is 5.36. The summed E-state index contributed by atoms with van der Waals surface area (Å²) in [6.07, 6.45) is 2.07. The maximum Gasteiger partial charge on any atom is 0.290 e. The molecule has 0 saturated carbocycles. The monoisotopic (exact) mass is 307 g/mol. The van der Waals surface area contributed by atoms with E-state index in [-0.39, 0.29) is 36.8 Å². The molecule has 2 N–H and O–H groups in total. The molecule has 1 unspecified atom stereocenters. The number of hydrogen-bond donors (Lipinski definition) is 2. The molecule has 1 aromatic heterocycles. The first-order chi connectivity index (χ1) is 10.5. The second kappa shape index (κ2) is 6.79. The van der Waals surface area contributed by atoms with E-state index >= 15 is 0 Å². The highest BCUT2D eigenvalue weighted by Gasteiger charge is 2.44. The van der Waals surface area contributed by atoms with Crippen LogP contribution < -0.4 is 0 Å². The first kappa shape index (κ1) is 16.3. The maximum atomic E-state index is 12.4. The number of nitrogens with zero attached hydrogens (tertiary/aromatic N) is 1. The Balaban J connectivity index is 2.38. The van der Waals surface area contributed by atoms with Gasteiger partial charge in [-0.1, -0.05) is 13.8 Å². The van der Waals surface area contributed by atoms with Crippen LogP contribution in [0.3, 0.4) is 0 Å². The third kappa shape index (κ3) is 3.06. The van der Waals surface area contributed by atoms with Gasteiger partial charge < -0.3 is 19.5 Å². The van der Waals surface area contributed by atoms with E-state index in [4.69, 9.17) is 9.52 Å². The second-order valence-electron chi connectivity index (χ2n) is 5.78. The van der Waals surface area contributed by atoms with Crippen LogP contribution in [-0.2, 0) is 9.59 Å². The van der Waals surface area contributed by atoms with Crippen molar-refractivity contribution in [2.45, 2.75) is 32.7 Å². The van der Waals surface area contributed by atoms with Gasteiger partial charge in [-0.05, 0) is 24.5 Å². The lowest BCUT2D eigenvalue weighted by Crippen LogP contribution is -2.32. The zero-order chi connectivity index (χ0) is 16.3. The Morgan fingerprint density at radius 2 is 2.18 bits per heavy atom. The van der Waals surface area contributed by atoms with Crippen molar-refractivity contribution in [1.82, 2.24) is 4.90 Å². The number of ketones is 1. The van der Waals surface area contributed by atoms with E-state index in [1.54, 1.807) is 12.1 Å². The minimum atomic E-state index is -0.722. The summed E-state index contributed by atoms with van der Waals surface area (Å²) in [4.78, 5) is 26.1. The number of furan rings is 1. The Bertz CT molecular complexity index is 573. The number of carbonyl (C=O) groups is 2. The standard InChI is InChI=1S/C16H21NO5/c1-10(2)9-11(19)13-14(12-5-3-8-22-12)17(6-4-7-18)16(21)15(13)20/h3,5,8,10,14,18,20H,4,6-7,9H2,1-2H3. The van der Waals surface area contributed by atoms with E-state index in [2.05, 4.69) is 0 Å². The van der Waals surface area contributed by atoms with Crippen LogP contribution in [0.4, 0.5) is 0 Å². The van der Waals surface area contributed by atoms with E-state index in [0.717, 1.165) is 0 Å². The SMILES string of the molecule is CC(C)CC(=O)C1=C(O)C(=O)N(CCCO)C1c1ccco1. The average Bonchev–Trinajstić information content (AvgIpc) is 3.05. The highest BCUT2D eigenvalue weighted by Crippen LogP contribution is 2.38. The van der Waals surface area contributed by atoms with Crippen LogP contribution in [0.1, 0.15) is 38.5 Å². The van der Waals surface area contributed by atoms with Crippen LogP contribution in [0, 0.1) is 5.92 Å². The van der Waals surface area contributed by atoms with Crippen molar-refractivity contribution in [3.63, 3.8) is 0 Å². The fraction of sp³-hybridized carbons (Fsp3) is 0.500. The van der Waals surface area contributed by atoms with Crippen LogP contribution in [-0.4, -0.2) is 40.0 Å². The van der Waals surface area contributed by atoms with Crippen molar-refractivity contribution in [2.75, 3.05) is 13.2 Å². The summed E-state index contributed by atoms with van der Waals surface area (Å²) in [6, 6.07) is 2.62. The molecule has 0 bridgehead atoms. The molecule has 1 aromatic rings. The van der Waals surface area contributed by atoms with Gasteiger partial charge in [0, 0.05) is 19.6 Å². The number of rotatable bonds is 7. The predicted molar refractivity (Wildman–Crippen MR) is 79.0 cm³/mol. The third-order valence-electron chi connectivity index (χ3n) is 3.57. The smallest absolute Gasteiger partial charge is 0.290 e. The molecular weight excluding hydrogens is 286 g/mol. The second-order valence-corrected chi connectivity index (χ2v) is 5.78. The molecule has 6 heteroatoms. The summed E-state index contributed by atoms with van der Waals surface area (Å²) >= 11 is 0. The number of hydrogen-bond acceptors (Lipinski definition) is 5. The van der Waals surface area contributed by atoms with Crippen molar-refractivity contribution >= 4 is 11.7 Å². The van der Waals surface area contributed by atoms with Crippen molar-refractivity contribution in [2.24, 2.45) is 5.92 Å². The van der Waals surface area contributed by atoms with Crippen molar-refractivity contribution in [3.8, 4) is 0 Å². The van der Waals surface area contributed by atoms with Gasteiger partial charge in [0.15, 0.2) is 11.5 Å². The maximum absolute atomic E-state index is 12.4. The third-order valence-corrected chi connectivity index (χ3v) is 3.57. The molecule has 1 aliphatic heterocycles. The van der Waals surface area contributed by atoms with E-state index in [0.29, 0.717) is 12.2 Å². The van der Waals surface area contributed by atoms with Gasteiger partial charge in [0.25, 0.3) is 5.91 Å². The van der Waals surface area contributed by atoms with Gasteiger partial charge in [-0.2, -0.15) is 0 Å². The largest absolute Gasteiger partial charge is 0.503 e. The molecule has 2 heterocycles. The Morgan fingerprint density at radius 3 is 2.73 bits per heavy atom. The number of aliphatic hydroxyl groups excluding tert-OH is 2. The Hall–Kier alpha value is -2.08. The molecule has 0 fully saturated rings. The minimum absolute atomic E-state index is 0.0787. The molecule has 1 amide bonds. The number of carbonyl (C=O) groups excluding carboxylic acids is 2. The van der Waals surface area contributed by atoms with Crippen LogP contribution in [0.15, 0.2) is 34.1 Å². The lowest BCUT2D eigenvalue weighted by atomic mass is 9.95. The molecule has 22 heavy (non-hydrogen) atoms. The average molecular weight is 307 g/mol. The van der Waals surface area contributed by atoms with Crippen molar-refractivity contribution in [3.05, 3.63) is 35.5 Å². The summed E-state index contributed by atoms with van der Waals surface area (Å²) in [5.74, 6) is -0.810. The van der Waals surface area contributed by atoms with Gasteiger partial charge in [0.2, 0.25) is 0 Å². The van der Waals surface area contributed by atoms with Crippen molar-refractivity contribution < 1.29 is 24.2 Å². The van der Waals surface area contributed by atoms with Crippen LogP contribution in [0.2, 0.25) is 0 Å². The zero-order valence-corrected chi connectivity index (χ0v) is 12.8. The Labute approximate surface area is 129 Å². The summed E-state index contributed by atoms with van der Waals surface area (Å²) in [5.41, 5.74) is 0.0894. The summed E-state index contributed by atoms with van der Waals surface area (Å²) in [6.45, 7) is 3.96. The highest BCUT2D eigenvalue weighted by molar-refractivity contribution is 6.08. The molecule has 2 rings (SSSR count). The molecule has 6 nitrogen and oxygen atoms in total. The highest BCUT2D eigenvalue weighted by atomic mass is 16.3. The molecule has 120 valence electrons. The number of aliphatic hydroxyl groups is 2. The van der Waals surface area contributed by atoms with Crippen LogP contribution in [0.25, 0.3) is 0 Å². The van der Waals surface area contributed by atoms with Gasteiger partial charge in [0.05, 0.1) is 11.8 Å². The van der Waals surface area contributed by atoms with Gasteiger partial charge in [-0.25, -0.2) is 0 Å². The lowest BCUT2D eigenvalue weighted by Gasteiger charge is -2.24. The van der Waals surface area contributed by atoms with Crippen molar-refractivity contribution in [1.29, 1.82) is 0 Å². The van der Waals surface area contributed by atoms with Gasteiger partial charge in [0.1, 0.15) is 11.8 Å². The number of amides is 1. The molecule has 0 saturated heterocycles. The molecule has 0 aromatic carbocycles. The van der Waals surface area contributed by atoms with E-state index < -0.39 is 17.7 Å². The normalized spacial score (nSPS) is 18.6. The Kier molecular flexibility index (Phi) is 5.03. The molecule has 0 spiro atoms. The fourth-order valence-electron chi connectivity index (χ4n) is 2.63. The zero-order valence-electron chi connectivity index (χ0n) is 12.8. The van der Waals surface area contributed by atoms with Gasteiger partial charge >= 0.3 is 0 Å². The fourth-order valence-corrected chi connectivity index (χ4v) is 2.63. The quantitative estimate of drug-likeness (QED) is 0.803. The molecule has 0 aliphatic carbocycles. The minimum Gasteiger partial charge on any atom is -0.503 e. The first-order valence-electron chi connectivity index (χ1n) is 7.39. The topological polar surface area (TPSA) is 91.0 Å². The number of Topliss-reactive ketones (excluding diaryl/α,β-unsaturated/α-hetero) is 1. The van der Waals surface area contributed by atoms with E-state index in [9.17, 15) is 14.7 Å². The van der Waals surface area contributed by atoms with Gasteiger partial charge in [-0.3, -0.25) is 9.59 Å². The van der Waals surface area contributed by atoms with Crippen LogP contribution in [0.5, 0.6) is 0 Å². The molecular formula is C16H21NO5. The molecule has 1 atom stereocenters. The van der Waals surface area contributed by atoms with Gasteiger partial charge in [-0.15, -0.1) is 0 Å². The summed E-state index contributed by atoms with van der Waals surface area (Å²) in [7, 11) is 0. The van der Waals surface area contributed by atoms with E-state index in [1.165, 1.54) is 11.2 Å². The molecule has 0 radical (unpaired) electrons. The lowest BCUT2D eigenvalue weighted by molar-refractivity contribution is -0.129. The first-order valence-corrected chi connectivity index (χ1v) is 7.39. The summed E-state index contributed by atoms with van der Waals surface area (Å²) in [5, 5.41) is 19.1.